The third-order valence-corrected chi connectivity index (χ3v) is 3.57. The molecule has 5 heteroatoms. The molecule has 18 heavy (non-hydrogen) atoms. The molecule has 2 rings (SSSR count). The van der Waals surface area contributed by atoms with Crippen molar-refractivity contribution in [3.05, 3.63) is 60.7 Å². The summed E-state index contributed by atoms with van der Waals surface area (Å²) >= 11 is -1.26. The summed E-state index contributed by atoms with van der Waals surface area (Å²) in [6, 6.07) is 18.1. The van der Waals surface area contributed by atoms with Crippen LogP contribution in [0.2, 0.25) is 0 Å². The SMILES string of the molecule is [O-][S+](COB(O)c1ccccc1)c1ccccc1. The zero-order valence-corrected chi connectivity index (χ0v) is 10.5. The second-order valence-corrected chi connectivity index (χ2v) is 5.10. The highest BCUT2D eigenvalue weighted by Crippen LogP contribution is 2.10. The maximum atomic E-state index is 11.9. The van der Waals surface area contributed by atoms with E-state index in [0.717, 1.165) is 0 Å². The fraction of sp³-hybridized carbons (Fsp3) is 0.0769. The van der Waals surface area contributed by atoms with E-state index in [1.807, 2.05) is 36.4 Å². The minimum Gasteiger partial charge on any atom is -0.610 e. The minimum absolute atomic E-state index is 0.0277. The lowest BCUT2D eigenvalue weighted by Gasteiger charge is -2.12. The summed E-state index contributed by atoms with van der Waals surface area (Å²) in [6.07, 6.45) is 0. The van der Waals surface area contributed by atoms with Gasteiger partial charge in [0.15, 0.2) is 10.8 Å². The van der Waals surface area contributed by atoms with Gasteiger partial charge in [0.1, 0.15) is 0 Å². The molecular formula is C13H13BO3S. The van der Waals surface area contributed by atoms with E-state index in [-0.39, 0.29) is 5.94 Å². The molecule has 0 saturated heterocycles. The van der Waals surface area contributed by atoms with Gasteiger partial charge < -0.3 is 14.2 Å². The standard InChI is InChI=1S/C13H13BO3S/c15-14(12-7-3-1-4-8-12)17-11-18(16)13-9-5-2-6-10-13/h1-10,15H,11H2. The molecule has 0 bridgehead atoms. The molecule has 1 N–H and O–H groups in total. The summed E-state index contributed by atoms with van der Waals surface area (Å²) in [7, 11) is -1.04. The predicted octanol–water partition coefficient (Wildman–Crippen LogP) is 1.16. The van der Waals surface area contributed by atoms with Crippen molar-refractivity contribution < 1.29 is 14.2 Å². The van der Waals surface area contributed by atoms with E-state index in [9.17, 15) is 9.58 Å². The highest BCUT2D eigenvalue weighted by atomic mass is 32.2. The topological polar surface area (TPSA) is 52.5 Å². The maximum Gasteiger partial charge on any atom is 0.494 e. The molecule has 0 aliphatic heterocycles. The molecule has 0 heterocycles. The molecule has 92 valence electrons. The Bertz CT molecular complexity index is 421. The first-order valence-corrected chi connectivity index (χ1v) is 6.87. The Kier molecular flexibility index (Phi) is 4.84. The molecule has 3 nitrogen and oxygen atoms in total. The van der Waals surface area contributed by atoms with Gasteiger partial charge in [0.05, 0.1) is 0 Å². The Labute approximate surface area is 110 Å². The van der Waals surface area contributed by atoms with Gasteiger partial charge in [0, 0.05) is 11.2 Å². The van der Waals surface area contributed by atoms with Gasteiger partial charge in [-0.3, -0.25) is 0 Å². The highest BCUT2D eigenvalue weighted by molar-refractivity contribution is 7.91. The van der Waals surface area contributed by atoms with Crippen molar-refractivity contribution in [2.24, 2.45) is 0 Å². The summed E-state index contributed by atoms with van der Waals surface area (Å²) < 4.78 is 17.1. The van der Waals surface area contributed by atoms with Gasteiger partial charge in [0.25, 0.3) is 0 Å². The van der Waals surface area contributed by atoms with Crippen LogP contribution in [0.3, 0.4) is 0 Å². The van der Waals surface area contributed by atoms with Gasteiger partial charge in [-0.05, 0) is 17.6 Å². The summed E-state index contributed by atoms with van der Waals surface area (Å²) in [6.45, 7) is 0. The summed E-state index contributed by atoms with van der Waals surface area (Å²) in [4.78, 5) is 0.692. The summed E-state index contributed by atoms with van der Waals surface area (Å²) in [5, 5.41) is 9.76. The average molecular weight is 260 g/mol. The number of benzene rings is 2. The molecular weight excluding hydrogens is 247 g/mol. The Morgan fingerprint density at radius 3 is 2.17 bits per heavy atom. The Balaban J connectivity index is 1.89. The van der Waals surface area contributed by atoms with Crippen LogP contribution in [0.4, 0.5) is 0 Å². The molecule has 0 spiro atoms. The molecule has 0 fully saturated rings. The first-order valence-electron chi connectivity index (χ1n) is 5.55. The van der Waals surface area contributed by atoms with Gasteiger partial charge in [-0.15, -0.1) is 0 Å². The molecule has 1 atom stereocenters. The second-order valence-electron chi connectivity index (χ2n) is 3.71. The largest absolute Gasteiger partial charge is 0.610 e. The number of hydrogen-bond acceptors (Lipinski definition) is 3. The molecule has 0 aromatic heterocycles. The van der Waals surface area contributed by atoms with Crippen LogP contribution in [-0.4, -0.2) is 22.6 Å². The van der Waals surface area contributed by atoms with Crippen LogP contribution in [0.25, 0.3) is 0 Å². The van der Waals surface area contributed by atoms with Gasteiger partial charge in [-0.1, -0.05) is 48.5 Å². The fourth-order valence-corrected chi connectivity index (χ4v) is 2.33. The van der Waals surface area contributed by atoms with Crippen LogP contribution in [0, 0.1) is 0 Å². The van der Waals surface area contributed by atoms with Crippen LogP contribution < -0.4 is 5.46 Å². The van der Waals surface area contributed by atoms with Crippen molar-refractivity contribution in [3.63, 3.8) is 0 Å². The molecule has 0 aliphatic rings. The van der Waals surface area contributed by atoms with E-state index in [2.05, 4.69) is 0 Å². The van der Waals surface area contributed by atoms with Crippen molar-refractivity contribution >= 4 is 23.8 Å². The molecule has 0 amide bonds. The van der Waals surface area contributed by atoms with Crippen LogP contribution in [0.1, 0.15) is 0 Å². The van der Waals surface area contributed by atoms with E-state index in [4.69, 9.17) is 4.65 Å². The van der Waals surface area contributed by atoms with Crippen LogP contribution in [0.5, 0.6) is 0 Å². The lowest BCUT2D eigenvalue weighted by molar-refractivity contribution is 0.316. The highest BCUT2D eigenvalue weighted by Gasteiger charge is 2.20. The monoisotopic (exact) mass is 260 g/mol. The van der Waals surface area contributed by atoms with E-state index in [0.29, 0.717) is 10.4 Å². The van der Waals surface area contributed by atoms with E-state index in [1.165, 1.54) is 0 Å². The number of rotatable bonds is 5. The third-order valence-electron chi connectivity index (χ3n) is 2.42. The molecule has 1 unspecified atom stereocenters. The average Bonchev–Trinajstić information content (AvgIpc) is 2.46. The van der Waals surface area contributed by atoms with Gasteiger partial charge in [-0.25, -0.2) is 0 Å². The Hall–Kier alpha value is -1.27. The molecule has 0 saturated carbocycles. The quantitative estimate of drug-likeness (QED) is 0.648. The van der Waals surface area contributed by atoms with Crippen molar-refractivity contribution in [3.8, 4) is 0 Å². The van der Waals surface area contributed by atoms with E-state index < -0.39 is 18.3 Å². The van der Waals surface area contributed by atoms with Crippen molar-refractivity contribution in [1.82, 2.24) is 0 Å². The molecule has 2 aromatic carbocycles. The van der Waals surface area contributed by atoms with Crippen LogP contribution in [-0.2, 0) is 15.8 Å². The first kappa shape index (κ1) is 13.2. The lowest BCUT2D eigenvalue weighted by atomic mass is 9.80. The first-order chi connectivity index (χ1) is 8.77. The smallest absolute Gasteiger partial charge is 0.494 e. The van der Waals surface area contributed by atoms with Crippen molar-refractivity contribution in [2.75, 3.05) is 5.94 Å². The zero-order valence-electron chi connectivity index (χ0n) is 9.73. The summed E-state index contributed by atoms with van der Waals surface area (Å²) in [5.74, 6) is -0.0277. The third kappa shape index (κ3) is 3.61. The lowest BCUT2D eigenvalue weighted by Crippen LogP contribution is -2.35. The van der Waals surface area contributed by atoms with Crippen molar-refractivity contribution in [2.45, 2.75) is 4.90 Å². The van der Waals surface area contributed by atoms with Gasteiger partial charge >= 0.3 is 7.12 Å². The van der Waals surface area contributed by atoms with Gasteiger partial charge in [0.2, 0.25) is 0 Å². The number of hydrogen-bond donors (Lipinski definition) is 1. The zero-order chi connectivity index (χ0) is 12.8. The van der Waals surface area contributed by atoms with Crippen molar-refractivity contribution in [1.29, 1.82) is 0 Å². The Morgan fingerprint density at radius 2 is 1.56 bits per heavy atom. The van der Waals surface area contributed by atoms with Crippen LogP contribution >= 0.6 is 0 Å². The normalized spacial score (nSPS) is 12.1. The maximum absolute atomic E-state index is 11.9. The molecule has 0 radical (unpaired) electrons. The minimum atomic E-state index is -1.26. The van der Waals surface area contributed by atoms with Crippen LogP contribution in [0.15, 0.2) is 65.6 Å². The molecule has 0 aliphatic carbocycles. The Morgan fingerprint density at radius 1 is 1.00 bits per heavy atom. The fourth-order valence-electron chi connectivity index (χ4n) is 1.48. The second kappa shape index (κ2) is 6.61. The summed E-state index contributed by atoms with van der Waals surface area (Å²) in [5.41, 5.74) is 0.655. The van der Waals surface area contributed by atoms with Gasteiger partial charge in [-0.2, -0.15) is 0 Å². The molecule has 2 aromatic rings. The van der Waals surface area contributed by atoms with E-state index in [1.54, 1.807) is 24.3 Å². The van der Waals surface area contributed by atoms with E-state index >= 15 is 0 Å². The predicted molar refractivity (Wildman–Crippen MR) is 72.9 cm³/mol.